The molecule has 0 amide bonds. The van der Waals surface area contributed by atoms with E-state index in [1.165, 1.54) is 0 Å². The molecule has 71 valence electrons. The van der Waals surface area contributed by atoms with Crippen molar-refractivity contribution < 1.29 is 53.9 Å². The Bertz CT molecular complexity index is 297. The summed E-state index contributed by atoms with van der Waals surface area (Å²) in [6.07, 6.45) is 4.02. The third kappa shape index (κ3) is 3.38. The molecule has 0 spiro atoms. The summed E-state index contributed by atoms with van der Waals surface area (Å²) in [6.45, 7) is 0. The zero-order chi connectivity index (χ0) is 9.10. The van der Waals surface area contributed by atoms with Crippen LogP contribution >= 0.6 is 0 Å². The number of aliphatic hydroxyl groups is 1. The van der Waals surface area contributed by atoms with Gasteiger partial charge >= 0.3 is 0 Å². The first-order valence-electron chi connectivity index (χ1n) is 4.43. The molecule has 2 nitrogen and oxygen atoms in total. The topological polar surface area (TPSA) is 29.5 Å². The average Bonchev–Trinajstić information content (AvgIpc) is 2.53. The summed E-state index contributed by atoms with van der Waals surface area (Å²) < 4.78 is 5.60. The fraction of sp³-hybridized carbons (Fsp3) is 0.273. The van der Waals surface area contributed by atoms with E-state index in [0.29, 0.717) is 6.42 Å². The van der Waals surface area contributed by atoms with Gasteiger partial charge in [-0.1, -0.05) is 24.3 Å². The predicted molar refractivity (Wildman–Crippen MR) is 50.6 cm³/mol. The van der Waals surface area contributed by atoms with Gasteiger partial charge in [-0.3, -0.25) is 0 Å². The average molecular weight is 403 g/mol. The molecule has 1 aromatic rings. The Labute approximate surface area is 120 Å². The summed E-state index contributed by atoms with van der Waals surface area (Å²) in [4.78, 5) is 0. The standard InChI is InChI=1S/C11H12O2.Ac/c12-9-6-7-11(8-9)13-10-4-2-1-3-5-10;/h1-7,9,11-12H,8H2;. The molecule has 0 saturated carbocycles. The van der Waals surface area contributed by atoms with Crippen molar-refractivity contribution in [2.75, 3.05) is 0 Å². The molecule has 0 aromatic heterocycles. The number of para-hydroxylation sites is 1. The third-order valence-electron chi connectivity index (χ3n) is 2.05. The van der Waals surface area contributed by atoms with Gasteiger partial charge in [-0.05, 0) is 18.2 Å². The second kappa shape index (κ2) is 5.90. The van der Waals surface area contributed by atoms with Crippen LogP contribution in [0.15, 0.2) is 42.5 Å². The van der Waals surface area contributed by atoms with Crippen molar-refractivity contribution in [2.45, 2.75) is 18.6 Å². The number of ether oxygens (including phenoxy) is 1. The van der Waals surface area contributed by atoms with Crippen LogP contribution in [0.2, 0.25) is 0 Å². The zero-order valence-electron chi connectivity index (χ0n) is 7.84. The van der Waals surface area contributed by atoms with Gasteiger partial charge in [-0.25, -0.2) is 0 Å². The second-order valence-electron chi connectivity index (χ2n) is 3.16. The van der Waals surface area contributed by atoms with Gasteiger partial charge in [0.25, 0.3) is 0 Å². The molecule has 0 heterocycles. The van der Waals surface area contributed by atoms with Crippen LogP contribution in [0.3, 0.4) is 0 Å². The Morgan fingerprint density at radius 3 is 2.43 bits per heavy atom. The van der Waals surface area contributed by atoms with Gasteiger partial charge in [-0.15, -0.1) is 0 Å². The van der Waals surface area contributed by atoms with E-state index in [2.05, 4.69) is 0 Å². The Morgan fingerprint density at radius 1 is 1.14 bits per heavy atom. The Balaban J connectivity index is 0.000000980. The molecule has 0 fully saturated rings. The summed E-state index contributed by atoms with van der Waals surface area (Å²) in [5, 5.41) is 9.21. The van der Waals surface area contributed by atoms with Crippen molar-refractivity contribution >= 4 is 0 Å². The minimum atomic E-state index is -0.339. The largest absolute Gasteiger partial charge is 0.486 e. The van der Waals surface area contributed by atoms with Crippen LogP contribution in [0.25, 0.3) is 0 Å². The van der Waals surface area contributed by atoms with Crippen molar-refractivity contribution in [2.24, 2.45) is 0 Å². The van der Waals surface area contributed by atoms with Gasteiger partial charge in [-0.2, -0.15) is 0 Å². The molecular weight excluding hydrogens is 391 g/mol. The molecule has 3 heteroatoms. The van der Waals surface area contributed by atoms with Gasteiger partial charge in [0.15, 0.2) is 0 Å². The smallest absolute Gasteiger partial charge is 0.120 e. The summed E-state index contributed by atoms with van der Waals surface area (Å²) in [7, 11) is 0. The first kappa shape index (κ1) is 12.2. The molecule has 2 atom stereocenters. The first-order valence-corrected chi connectivity index (χ1v) is 4.43. The first-order chi connectivity index (χ1) is 6.34. The zero-order valence-corrected chi connectivity index (χ0v) is 12.6. The number of rotatable bonds is 2. The van der Waals surface area contributed by atoms with Crippen LogP contribution < -0.4 is 4.74 Å². The minimum absolute atomic E-state index is 0. The van der Waals surface area contributed by atoms with Crippen molar-refractivity contribution in [3.63, 3.8) is 0 Å². The van der Waals surface area contributed by atoms with Crippen molar-refractivity contribution in [3.05, 3.63) is 42.5 Å². The number of aliphatic hydroxyl groups excluding tert-OH is 1. The van der Waals surface area contributed by atoms with E-state index in [0.717, 1.165) is 5.75 Å². The fourth-order valence-corrected chi connectivity index (χ4v) is 1.41. The molecule has 0 aliphatic heterocycles. The normalized spacial score (nSPS) is 24.4. The monoisotopic (exact) mass is 403 g/mol. The summed E-state index contributed by atoms with van der Waals surface area (Å²) in [5.41, 5.74) is 0. The quantitative estimate of drug-likeness (QED) is 0.763. The van der Waals surface area contributed by atoms with E-state index in [-0.39, 0.29) is 56.3 Å². The van der Waals surface area contributed by atoms with Crippen LogP contribution in [-0.4, -0.2) is 17.3 Å². The molecule has 0 bridgehead atoms. The van der Waals surface area contributed by atoms with E-state index in [9.17, 15) is 5.11 Å². The molecule has 1 aliphatic rings. The summed E-state index contributed by atoms with van der Waals surface area (Å²) >= 11 is 0. The second-order valence-corrected chi connectivity index (χ2v) is 3.16. The number of hydrogen-bond donors (Lipinski definition) is 1. The molecule has 0 saturated heterocycles. The van der Waals surface area contributed by atoms with Crippen molar-refractivity contribution in [1.29, 1.82) is 0 Å². The SMILES string of the molecule is OC1C=CC(Oc2ccccc2)C1.[Ac]. The summed E-state index contributed by atoms with van der Waals surface area (Å²) in [5.74, 6) is 0.853. The Kier molecular flexibility index (Phi) is 5.16. The molecule has 14 heavy (non-hydrogen) atoms. The maximum Gasteiger partial charge on any atom is 0.120 e. The Hall–Kier alpha value is 0.162. The van der Waals surface area contributed by atoms with Crippen LogP contribution in [0.1, 0.15) is 6.42 Å². The summed E-state index contributed by atoms with van der Waals surface area (Å²) in [6, 6.07) is 9.65. The molecular formula is C11H12AcO2. The van der Waals surface area contributed by atoms with Crippen LogP contribution in [0, 0.1) is 44.1 Å². The van der Waals surface area contributed by atoms with Gasteiger partial charge in [0, 0.05) is 50.5 Å². The molecule has 1 N–H and O–H groups in total. The molecule has 2 rings (SSSR count). The maximum absolute atomic E-state index is 9.21. The third-order valence-corrected chi connectivity index (χ3v) is 2.05. The minimum Gasteiger partial charge on any atom is -0.486 e. The van der Waals surface area contributed by atoms with Gasteiger partial charge in [0.1, 0.15) is 11.9 Å². The maximum atomic E-state index is 9.21. The van der Waals surface area contributed by atoms with E-state index < -0.39 is 0 Å². The van der Waals surface area contributed by atoms with Crippen LogP contribution in [0.4, 0.5) is 0 Å². The molecule has 2 unspecified atom stereocenters. The van der Waals surface area contributed by atoms with Crippen LogP contribution in [0.5, 0.6) is 5.75 Å². The van der Waals surface area contributed by atoms with E-state index in [4.69, 9.17) is 4.74 Å². The van der Waals surface area contributed by atoms with Crippen molar-refractivity contribution in [3.8, 4) is 5.75 Å². The van der Waals surface area contributed by atoms with Crippen LogP contribution in [-0.2, 0) is 0 Å². The number of hydrogen-bond acceptors (Lipinski definition) is 2. The molecule has 1 aliphatic carbocycles. The molecule has 1 radical (unpaired) electrons. The van der Waals surface area contributed by atoms with E-state index >= 15 is 0 Å². The van der Waals surface area contributed by atoms with Gasteiger partial charge < -0.3 is 9.84 Å². The molecule has 1 aromatic carbocycles. The fourth-order valence-electron chi connectivity index (χ4n) is 1.41. The van der Waals surface area contributed by atoms with Crippen molar-refractivity contribution in [1.82, 2.24) is 0 Å². The van der Waals surface area contributed by atoms with Gasteiger partial charge in [0.2, 0.25) is 0 Å². The number of benzene rings is 1. The Morgan fingerprint density at radius 2 is 1.86 bits per heavy atom. The predicted octanol–water partition coefficient (Wildman–Crippen LogP) is 1.75. The van der Waals surface area contributed by atoms with E-state index in [1.54, 1.807) is 6.08 Å². The van der Waals surface area contributed by atoms with Gasteiger partial charge in [0.05, 0.1) is 6.10 Å². The van der Waals surface area contributed by atoms with E-state index in [1.807, 2.05) is 36.4 Å².